The molecule has 0 saturated heterocycles. The Balaban J connectivity index is 1.66. The van der Waals surface area contributed by atoms with E-state index >= 15 is 0 Å². The molecule has 10 nitrogen and oxygen atoms in total. The van der Waals surface area contributed by atoms with Crippen LogP contribution in [0.5, 0.6) is 11.5 Å². The molecule has 1 heterocycles. The molecule has 1 aliphatic rings. The third-order valence-electron chi connectivity index (χ3n) is 5.05. The van der Waals surface area contributed by atoms with Crippen molar-refractivity contribution < 1.29 is 33.3 Å². The Bertz CT molecular complexity index is 1270. The van der Waals surface area contributed by atoms with E-state index in [4.69, 9.17) is 4.74 Å². The van der Waals surface area contributed by atoms with Gasteiger partial charge >= 0.3 is 12.0 Å². The molecule has 0 radical (unpaired) electrons. The topological polar surface area (TPSA) is 118 Å². The Morgan fingerprint density at radius 2 is 1.71 bits per heavy atom. The van der Waals surface area contributed by atoms with Gasteiger partial charge in [0.25, 0.3) is 6.35 Å². The van der Waals surface area contributed by atoms with Crippen LogP contribution in [0, 0.1) is 11.6 Å². The van der Waals surface area contributed by atoms with Crippen molar-refractivity contribution in [1.29, 1.82) is 0 Å². The summed E-state index contributed by atoms with van der Waals surface area (Å²) in [5.41, 5.74) is -0.587. The van der Waals surface area contributed by atoms with Gasteiger partial charge in [-0.3, -0.25) is 4.90 Å². The Hall–Kier alpha value is -4.58. The van der Waals surface area contributed by atoms with Gasteiger partial charge in [0.15, 0.2) is 17.4 Å². The number of carbonyl (C=O) groups excluding carboxylic acids is 1. The van der Waals surface area contributed by atoms with Gasteiger partial charge in [-0.25, -0.2) is 18.4 Å². The maximum absolute atomic E-state index is 14.2. The first-order valence-electron chi connectivity index (χ1n) is 10.4. The summed E-state index contributed by atoms with van der Waals surface area (Å²) >= 11 is 0. The van der Waals surface area contributed by atoms with Gasteiger partial charge in [0, 0.05) is 6.54 Å². The van der Waals surface area contributed by atoms with E-state index in [1.807, 2.05) is 0 Å². The van der Waals surface area contributed by atoms with Crippen LogP contribution in [-0.2, 0) is 0 Å². The van der Waals surface area contributed by atoms with E-state index in [1.165, 1.54) is 18.2 Å². The molecule has 0 aromatic heterocycles. The summed E-state index contributed by atoms with van der Waals surface area (Å²) in [5.74, 6) is -2.77. The number of hydrogen-bond donors (Lipinski definition) is 2. The third kappa shape index (κ3) is 4.59. The van der Waals surface area contributed by atoms with E-state index in [1.54, 1.807) is 37.3 Å². The first-order chi connectivity index (χ1) is 16.8. The van der Waals surface area contributed by atoms with Crippen LogP contribution in [0.4, 0.5) is 25.0 Å². The highest BCUT2D eigenvalue weighted by atomic mass is 19.1. The number of benzene rings is 3. The van der Waals surface area contributed by atoms with E-state index < -0.39 is 35.7 Å². The highest BCUT2D eigenvalue weighted by molar-refractivity contribution is 5.96. The number of carboxylic acid groups (broad SMARTS) is 1. The number of halogens is 2. The highest BCUT2D eigenvalue weighted by Gasteiger charge is 2.39. The van der Waals surface area contributed by atoms with E-state index in [-0.39, 0.29) is 23.5 Å². The number of aliphatic hydroxyl groups is 1. The second kappa shape index (κ2) is 9.73. The Kier molecular flexibility index (Phi) is 6.55. The molecule has 1 unspecified atom stereocenters. The quantitative estimate of drug-likeness (QED) is 0.521. The van der Waals surface area contributed by atoms with Crippen molar-refractivity contribution in [3.05, 3.63) is 83.9 Å². The molecule has 4 rings (SSSR count). The van der Waals surface area contributed by atoms with Crippen LogP contribution in [0.25, 0.3) is 0 Å². The molecule has 2 amide bonds. The summed E-state index contributed by atoms with van der Waals surface area (Å²) in [7, 11) is 0. The number of para-hydroxylation sites is 2. The normalized spacial score (nSPS) is 14.8. The predicted molar refractivity (Wildman–Crippen MR) is 120 cm³/mol. The van der Waals surface area contributed by atoms with Crippen molar-refractivity contribution in [1.82, 2.24) is 5.01 Å². The van der Waals surface area contributed by atoms with Crippen molar-refractivity contribution >= 4 is 23.4 Å². The van der Waals surface area contributed by atoms with Crippen molar-refractivity contribution in [2.24, 2.45) is 10.4 Å². The lowest BCUT2D eigenvalue weighted by molar-refractivity contribution is 0.0532. The lowest BCUT2D eigenvalue weighted by Gasteiger charge is -2.29. The van der Waals surface area contributed by atoms with Gasteiger partial charge in [-0.1, -0.05) is 24.3 Å². The van der Waals surface area contributed by atoms with Crippen LogP contribution in [-0.4, -0.2) is 40.1 Å². The average molecular weight is 483 g/mol. The van der Waals surface area contributed by atoms with E-state index in [9.17, 15) is 28.6 Å². The van der Waals surface area contributed by atoms with Crippen molar-refractivity contribution in [2.45, 2.75) is 13.3 Å². The lowest BCUT2D eigenvalue weighted by atomic mass is 10.1. The summed E-state index contributed by atoms with van der Waals surface area (Å²) in [4.78, 5) is 26.0. The molecule has 0 aliphatic carbocycles. The number of anilines is 2. The number of ether oxygens (including phenoxy) is 1. The SMILES string of the molecule is CCN(C(=O)N1N=NN(c2c(F)cccc2F)C1O)c1ccc(C(=O)O)cc1Oc1ccccc1. The van der Waals surface area contributed by atoms with Gasteiger partial charge in [-0.15, -0.1) is 5.01 Å². The number of carbonyl (C=O) groups is 2. The second-order valence-electron chi connectivity index (χ2n) is 7.21. The molecule has 0 fully saturated rings. The summed E-state index contributed by atoms with van der Waals surface area (Å²) < 4.78 is 34.2. The van der Waals surface area contributed by atoms with Crippen LogP contribution in [0.3, 0.4) is 0 Å². The van der Waals surface area contributed by atoms with Gasteiger partial charge < -0.3 is 14.9 Å². The average Bonchev–Trinajstić information content (AvgIpc) is 3.21. The Labute approximate surface area is 197 Å². The fraction of sp³-hybridized carbons (Fsp3) is 0.130. The van der Waals surface area contributed by atoms with E-state index in [0.29, 0.717) is 15.8 Å². The molecule has 3 aromatic rings. The fourth-order valence-electron chi connectivity index (χ4n) is 3.39. The number of nitrogens with zero attached hydrogens (tertiary/aromatic N) is 5. The highest BCUT2D eigenvalue weighted by Crippen LogP contribution is 2.36. The van der Waals surface area contributed by atoms with Crippen LogP contribution in [0.2, 0.25) is 0 Å². The van der Waals surface area contributed by atoms with Gasteiger partial charge in [0.2, 0.25) is 0 Å². The standard InChI is InChI=1S/C23H19F2N5O5/c1-2-28(18-12-11-14(21(31)32)13-19(18)35-15-7-4-3-5-8-15)22(33)30-23(34)29(26-27-30)20-16(24)9-6-10-17(20)25/h3-13,23,34H,2H2,1H3,(H,31,32). The maximum Gasteiger partial charge on any atom is 0.350 e. The zero-order chi connectivity index (χ0) is 25.1. The number of carboxylic acids is 1. The minimum Gasteiger partial charge on any atom is -0.478 e. The molecule has 2 N–H and O–H groups in total. The number of hydrogen-bond acceptors (Lipinski definition) is 7. The summed E-state index contributed by atoms with van der Waals surface area (Å²) in [6.07, 6.45) is -1.94. The van der Waals surface area contributed by atoms with E-state index in [2.05, 4.69) is 10.4 Å². The zero-order valence-corrected chi connectivity index (χ0v) is 18.2. The summed E-state index contributed by atoms with van der Waals surface area (Å²) in [6.45, 7) is 1.67. The van der Waals surface area contributed by atoms with Gasteiger partial charge in [0.05, 0.1) is 11.3 Å². The molecular weight excluding hydrogens is 464 g/mol. The Morgan fingerprint density at radius 1 is 1.03 bits per heavy atom. The van der Waals surface area contributed by atoms with Crippen LogP contribution in [0.1, 0.15) is 17.3 Å². The van der Waals surface area contributed by atoms with Crippen LogP contribution < -0.4 is 14.6 Å². The summed E-state index contributed by atoms with van der Waals surface area (Å²) in [5, 5.41) is 28.2. The molecule has 180 valence electrons. The number of rotatable bonds is 6. The molecule has 0 spiro atoms. The van der Waals surface area contributed by atoms with Gasteiger partial charge in [-0.2, -0.15) is 5.01 Å². The molecule has 1 aliphatic heterocycles. The zero-order valence-electron chi connectivity index (χ0n) is 18.2. The fourth-order valence-corrected chi connectivity index (χ4v) is 3.39. The Morgan fingerprint density at radius 3 is 2.34 bits per heavy atom. The smallest absolute Gasteiger partial charge is 0.350 e. The second-order valence-corrected chi connectivity index (χ2v) is 7.21. The number of amides is 2. The molecule has 1 atom stereocenters. The third-order valence-corrected chi connectivity index (χ3v) is 5.05. The van der Waals surface area contributed by atoms with Crippen molar-refractivity contribution in [3.8, 4) is 11.5 Å². The van der Waals surface area contributed by atoms with Crippen LogP contribution in [0.15, 0.2) is 77.2 Å². The van der Waals surface area contributed by atoms with Gasteiger partial charge in [0.1, 0.15) is 11.4 Å². The van der Waals surface area contributed by atoms with E-state index in [0.717, 1.165) is 23.1 Å². The predicted octanol–water partition coefficient (Wildman–Crippen LogP) is 4.78. The first-order valence-corrected chi connectivity index (χ1v) is 10.4. The molecule has 12 heteroatoms. The minimum absolute atomic E-state index is 0.0448. The molecule has 35 heavy (non-hydrogen) atoms. The summed E-state index contributed by atoms with van der Waals surface area (Å²) in [6, 6.07) is 14.6. The molecular formula is C23H19F2N5O5. The molecule has 0 saturated carbocycles. The van der Waals surface area contributed by atoms with Crippen molar-refractivity contribution in [2.75, 3.05) is 16.5 Å². The molecule has 0 bridgehead atoms. The molecule has 3 aromatic carbocycles. The minimum atomic E-state index is -1.94. The number of urea groups is 1. The van der Waals surface area contributed by atoms with Crippen molar-refractivity contribution in [3.63, 3.8) is 0 Å². The monoisotopic (exact) mass is 483 g/mol. The number of aliphatic hydroxyl groups excluding tert-OH is 1. The van der Waals surface area contributed by atoms with Gasteiger partial charge in [-0.05, 0) is 59.8 Å². The first kappa shape index (κ1) is 23.6. The lowest BCUT2D eigenvalue weighted by Crippen LogP contribution is -2.48. The van der Waals surface area contributed by atoms with Crippen LogP contribution >= 0.6 is 0 Å². The largest absolute Gasteiger partial charge is 0.478 e. The maximum atomic E-state index is 14.2. The number of aromatic carboxylic acids is 1.